The molecule has 0 bridgehead atoms. The van der Waals surface area contributed by atoms with Crippen molar-refractivity contribution in [2.75, 3.05) is 18.8 Å². The number of fused-ring (bicyclic) bond motifs is 1. The molecule has 154 valence electrons. The van der Waals surface area contributed by atoms with Gasteiger partial charge in [-0.1, -0.05) is 24.3 Å². The number of carbonyl (C=O) groups is 2. The van der Waals surface area contributed by atoms with E-state index in [1.54, 1.807) is 48.5 Å². The highest BCUT2D eigenvalue weighted by molar-refractivity contribution is 7.90. The molecular weight excluding hydrogens is 396 g/mol. The SMILES string of the molecule is CS(=O)(=O)CC[C@H](NC(=O)c1ccccc1)C(=O)NCc1ccc2c(c1)OCO2. The Bertz CT molecular complexity index is 991. The van der Waals surface area contributed by atoms with Gasteiger partial charge in [0.2, 0.25) is 12.7 Å². The predicted octanol–water partition coefficient (Wildman–Crippen LogP) is 1.26. The van der Waals surface area contributed by atoms with Gasteiger partial charge in [0.15, 0.2) is 11.5 Å². The van der Waals surface area contributed by atoms with Crippen molar-refractivity contribution in [1.29, 1.82) is 0 Å². The second-order valence-corrected chi connectivity index (χ2v) is 8.98. The summed E-state index contributed by atoms with van der Waals surface area (Å²) >= 11 is 0. The van der Waals surface area contributed by atoms with Crippen LogP contribution in [0.3, 0.4) is 0 Å². The minimum atomic E-state index is -3.29. The van der Waals surface area contributed by atoms with E-state index in [2.05, 4.69) is 10.6 Å². The number of ether oxygens (including phenoxy) is 2. The quantitative estimate of drug-likeness (QED) is 0.668. The summed E-state index contributed by atoms with van der Waals surface area (Å²) in [5, 5.41) is 5.36. The molecule has 9 heteroatoms. The number of rotatable bonds is 8. The van der Waals surface area contributed by atoms with Crippen LogP contribution in [0.1, 0.15) is 22.3 Å². The van der Waals surface area contributed by atoms with Crippen LogP contribution in [-0.4, -0.2) is 45.1 Å². The van der Waals surface area contributed by atoms with Crippen LogP contribution in [0.15, 0.2) is 48.5 Å². The van der Waals surface area contributed by atoms with E-state index in [4.69, 9.17) is 9.47 Å². The predicted molar refractivity (Wildman–Crippen MR) is 106 cm³/mol. The first-order chi connectivity index (χ1) is 13.8. The van der Waals surface area contributed by atoms with Crippen molar-refractivity contribution in [3.8, 4) is 11.5 Å². The molecule has 0 radical (unpaired) electrons. The molecule has 3 rings (SSSR count). The molecular formula is C20H22N2O6S. The molecule has 1 aliphatic rings. The lowest BCUT2D eigenvalue weighted by Gasteiger charge is -2.18. The monoisotopic (exact) mass is 418 g/mol. The van der Waals surface area contributed by atoms with E-state index in [-0.39, 0.29) is 25.5 Å². The average Bonchev–Trinajstić information content (AvgIpc) is 3.17. The molecule has 1 atom stereocenters. The Morgan fingerprint density at radius 3 is 2.52 bits per heavy atom. The van der Waals surface area contributed by atoms with Crippen LogP contribution in [0.2, 0.25) is 0 Å². The highest BCUT2D eigenvalue weighted by Gasteiger charge is 2.23. The second-order valence-electron chi connectivity index (χ2n) is 6.72. The maximum atomic E-state index is 12.7. The summed E-state index contributed by atoms with van der Waals surface area (Å²) < 4.78 is 33.6. The number of carbonyl (C=O) groups excluding carboxylic acids is 2. The van der Waals surface area contributed by atoms with E-state index in [0.717, 1.165) is 11.8 Å². The van der Waals surface area contributed by atoms with Crippen molar-refractivity contribution in [3.63, 3.8) is 0 Å². The highest BCUT2D eigenvalue weighted by Crippen LogP contribution is 2.32. The van der Waals surface area contributed by atoms with Crippen LogP contribution in [0.25, 0.3) is 0 Å². The molecule has 0 aromatic heterocycles. The molecule has 0 spiro atoms. The van der Waals surface area contributed by atoms with E-state index in [0.29, 0.717) is 17.1 Å². The van der Waals surface area contributed by atoms with Gasteiger partial charge in [0.05, 0.1) is 5.75 Å². The average molecular weight is 418 g/mol. The van der Waals surface area contributed by atoms with Crippen molar-refractivity contribution in [1.82, 2.24) is 10.6 Å². The molecule has 0 saturated heterocycles. The van der Waals surface area contributed by atoms with Crippen LogP contribution in [-0.2, 0) is 21.2 Å². The fourth-order valence-electron chi connectivity index (χ4n) is 2.80. The van der Waals surface area contributed by atoms with E-state index >= 15 is 0 Å². The van der Waals surface area contributed by atoms with Crippen molar-refractivity contribution in [3.05, 3.63) is 59.7 Å². The van der Waals surface area contributed by atoms with Gasteiger partial charge in [0.1, 0.15) is 15.9 Å². The first-order valence-electron chi connectivity index (χ1n) is 9.02. The molecule has 0 aliphatic carbocycles. The largest absolute Gasteiger partial charge is 0.454 e. The topological polar surface area (TPSA) is 111 Å². The van der Waals surface area contributed by atoms with Gasteiger partial charge in [-0.05, 0) is 36.2 Å². The van der Waals surface area contributed by atoms with Gasteiger partial charge >= 0.3 is 0 Å². The third-order valence-electron chi connectivity index (χ3n) is 4.34. The summed E-state index contributed by atoms with van der Waals surface area (Å²) in [5.74, 6) is 0.117. The maximum Gasteiger partial charge on any atom is 0.251 e. The van der Waals surface area contributed by atoms with E-state index < -0.39 is 27.7 Å². The molecule has 2 aromatic rings. The highest BCUT2D eigenvalue weighted by atomic mass is 32.2. The van der Waals surface area contributed by atoms with E-state index in [1.165, 1.54) is 0 Å². The molecule has 1 heterocycles. The molecule has 2 N–H and O–H groups in total. The second kappa shape index (κ2) is 8.95. The van der Waals surface area contributed by atoms with Crippen LogP contribution in [0, 0.1) is 0 Å². The lowest BCUT2D eigenvalue weighted by Crippen LogP contribution is -2.47. The summed E-state index contributed by atoms with van der Waals surface area (Å²) in [5.41, 5.74) is 1.18. The number of amides is 2. The Morgan fingerprint density at radius 1 is 1.07 bits per heavy atom. The molecule has 2 aromatic carbocycles. The molecule has 29 heavy (non-hydrogen) atoms. The van der Waals surface area contributed by atoms with Crippen molar-refractivity contribution in [2.24, 2.45) is 0 Å². The molecule has 1 aliphatic heterocycles. The number of hydrogen-bond donors (Lipinski definition) is 2. The van der Waals surface area contributed by atoms with Gasteiger partial charge in [-0.2, -0.15) is 0 Å². The number of nitrogens with one attached hydrogen (secondary N) is 2. The first kappa shape index (κ1) is 20.7. The van der Waals surface area contributed by atoms with Gasteiger partial charge in [-0.3, -0.25) is 9.59 Å². The van der Waals surface area contributed by atoms with Gasteiger partial charge in [-0.15, -0.1) is 0 Å². The van der Waals surface area contributed by atoms with E-state index in [9.17, 15) is 18.0 Å². The lowest BCUT2D eigenvalue weighted by atomic mass is 10.1. The maximum absolute atomic E-state index is 12.7. The first-order valence-corrected chi connectivity index (χ1v) is 11.1. The summed E-state index contributed by atoms with van der Waals surface area (Å²) in [7, 11) is -3.29. The zero-order valence-electron chi connectivity index (χ0n) is 15.9. The Balaban J connectivity index is 1.65. The summed E-state index contributed by atoms with van der Waals surface area (Å²) in [6.45, 7) is 0.357. The van der Waals surface area contributed by atoms with E-state index in [1.807, 2.05) is 0 Å². The fourth-order valence-corrected chi connectivity index (χ4v) is 3.46. The minimum Gasteiger partial charge on any atom is -0.454 e. The van der Waals surface area contributed by atoms with Crippen molar-refractivity contribution < 1.29 is 27.5 Å². The van der Waals surface area contributed by atoms with Crippen LogP contribution in [0.5, 0.6) is 11.5 Å². The van der Waals surface area contributed by atoms with Crippen LogP contribution < -0.4 is 20.1 Å². The molecule has 2 amide bonds. The smallest absolute Gasteiger partial charge is 0.251 e. The van der Waals surface area contributed by atoms with Gasteiger partial charge in [0, 0.05) is 18.4 Å². The number of sulfone groups is 1. The van der Waals surface area contributed by atoms with Crippen LogP contribution >= 0.6 is 0 Å². The molecule has 8 nitrogen and oxygen atoms in total. The normalized spacial score (nSPS) is 13.6. The summed E-state index contributed by atoms with van der Waals surface area (Å²) in [6, 6.07) is 12.8. The zero-order chi connectivity index (χ0) is 20.9. The summed E-state index contributed by atoms with van der Waals surface area (Å²) in [4.78, 5) is 25.1. The van der Waals surface area contributed by atoms with Gasteiger partial charge in [-0.25, -0.2) is 8.42 Å². The Morgan fingerprint density at radius 2 is 1.79 bits per heavy atom. The minimum absolute atomic E-state index is 0.0234. The van der Waals surface area contributed by atoms with Crippen molar-refractivity contribution in [2.45, 2.75) is 19.0 Å². The molecule has 0 fully saturated rings. The van der Waals surface area contributed by atoms with Crippen LogP contribution in [0.4, 0.5) is 0 Å². The molecule has 0 saturated carbocycles. The number of benzene rings is 2. The van der Waals surface area contributed by atoms with Crippen molar-refractivity contribution >= 4 is 21.7 Å². The van der Waals surface area contributed by atoms with Gasteiger partial charge in [0.25, 0.3) is 5.91 Å². The van der Waals surface area contributed by atoms with Gasteiger partial charge < -0.3 is 20.1 Å². The Labute approximate surface area is 169 Å². The third-order valence-corrected chi connectivity index (χ3v) is 5.32. The zero-order valence-corrected chi connectivity index (χ0v) is 16.7. The fraction of sp³-hybridized carbons (Fsp3) is 0.300. The third kappa shape index (κ3) is 5.95. The summed E-state index contributed by atoms with van der Waals surface area (Å²) in [6.07, 6.45) is 1.07. The Hall–Kier alpha value is -3.07. The number of hydrogen-bond acceptors (Lipinski definition) is 6. The standard InChI is InChI=1S/C20H22N2O6S/c1-29(25,26)10-9-16(22-19(23)15-5-3-2-4-6-15)20(24)21-12-14-7-8-17-18(11-14)28-13-27-17/h2-8,11,16H,9-10,12-13H2,1H3,(H,21,24)(H,22,23)/t16-/m0/s1. The molecule has 0 unspecified atom stereocenters. The lowest BCUT2D eigenvalue weighted by molar-refractivity contribution is -0.123. The Kier molecular flexibility index (Phi) is 6.38.